The van der Waals surface area contributed by atoms with Crippen molar-refractivity contribution in [2.45, 2.75) is 6.92 Å². The monoisotopic (exact) mass is 498 g/mol. The molecular formula is C30H22N6O2. The second kappa shape index (κ2) is 8.86. The van der Waals surface area contributed by atoms with Crippen molar-refractivity contribution in [2.24, 2.45) is 0 Å². The maximum atomic E-state index is 12.1. The van der Waals surface area contributed by atoms with Crippen LogP contribution in [-0.4, -0.2) is 43.8 Å². The zero-order chi connectivity index (χ0) is 25.6. The molecule has 1 aliphatic rings. The molecule has 8 nitrogen and oxygen atoms in total. The lowest BCUT2D eigenvalue weighted by Gasteiger charge is -2.15. The Morgan fingerprint density at radius 2 is 1.68 bits per heavy atom. The number of fused-ring (bicyclic) bond motifs is 3. The van der Waals surface area contributed by atoms with Gasteiger partial charge in [-0.15, -0.1) is 0 Å². The van der Waals surface area contributed by atoms with Crippen molar-refractivity contribution < 1.29 is 9.53 Å². The fourth-order valence-electron chi connectivity index (χ4n) is 4.99. The van der Waals surface area contributed by atoms with Gasteiger partial charge >= 0.3 is 0 Å². The van der Waals surface area contributed by atoms with E-state index in [0.29, 0.717) is 0 Å². The molecule has 0 spiro atoms. The number of carbonyl (C=O) groups excluding carboxylic acids is 1. The Kier molecular flexibility index (Phi) is 5.19. The fourth-order valence-corrected chi connectivity index (χ4v) is 4.99. The van der Waals surface area contributed by atoms with Crippen LogP contribution in [0.3, 0.4) is 0 Å². The van der Waals surface area contributed by atoms with Crippen LogP contribution in [-0.2, 0) is 9.53 Å². The minimum atomic E-state index is -0.0417. The van der Waals surface area contributed by atoms with Gasteiger partial charge in [-0.25, -0.2) is 9.97 Å². The Morgan fingerprint density at radius 1 is 0.868 bits per heavy atom. The first-order valence-electron chi connectivity index (χ1n) is 12.3. The summed E-state index contributed by atoms with van der Waals surface area (Å²) in [5.41, 5.74) is 8.81. The first-order chi connectivity index (χ1) is 18.7. The summed E-state index contributed by atoms with van der Waals surface area (Å²) in [6, 6.07) is 24.1. The molecule has 0 radical (unpaired) electrons. The second-order valence-electron chi connectivity index (χ2n) is 9.21. The highest BCUT2D eigenvalue weighted by atomic mass is 16.5. The molecule has 0 unspecified atom stereocenters. The normalized spacial score (nSPS) is 13.6. The predicted octanol–water partition coefficient (Wildman–Crippen LogP) is 5.30. The zero-order valence-corrected chi connectivity index (χ0v) is 20.6. The Morgan fingerprint density at radius 3 is 2.42 bits per heavy atom. The third-order valence-electron chi connectivity index (χ3n) is 6.83. The first kappa shape index (κ1) is 22.3. The highest BCUT2D eigenvalue weighted by molar-refractivity contribution is 5.96. The molecule has 8 heteroatoms. The number of pyridine rings is 2. The number of nitrogens with zero attached hydrogens (tertiary/aromatic N) is 6. The summed E-state index contributed by atoms with van der Waals surface area (Å²) >= 11 is 0. The quantitative estimate of drug-likeness (QED) is 0.328. The molecule has 0 aliphatic carbocycles. The Hall–Kier alpha value is -4.95. The van der Waals surface area contributed by atoms with E-state index in [4.69, 9.17) is 19.8 Å². The van der Waals surface area contributed by atoms with Crippen LogP contribution in [0, 0.1) is 6.92 Å². The lowest BCUT2D eigenvalue weighted by Crippen LogP contribution is -2.24. The van der Waals surface area contributed by atoms with Crippen LogP contribution in [0.1, 0.15) is 5.69 Å². The number of anilines is 1. The van der Waals surface area contributed by atoms with E-state index in [-0.39, 0.29) is 19.2 Å². The average Bonchev–Trinajstić information content (AvgIpc) is 3.55. The van der Waals surface area contributed by atoms with E-state index in [2.05, 4.69) is 23.2 Å². The van der Waals surface area contributed by atoms with Gasteiger partial charge < -0.3 is 4.74 Å². The first-order valence-corrected chi connectivity index (χ1v) is 12.3. The van der Waals surface area contributed by atoms with Crippen molar-refractivity contribution in [3.05, 3.63) is 97.1 Å². The van der Waals surface area contributed by atoms with Crippen LogP contribution in [0.2, 0.25) is 0 Å². The lowest BCUT2D eigenvalue weighted by atomic mass is 9.98. The molecule has 4 aromatic heterocycles. The van der Waals surface area contributed by atoms with Crippen LogP contribution in [0.15, 0.2) is 91.4 Å². The van der Waals surface area contributed by atoms with Crippen molar-refractivity contribution in [1.82, 2.24) is 24.6 Å². The van der Waals surface area contributed by atoms with Crippen LogP contribution >= 0.6 is 0 Å². The van der Waals surface area contributed by atoms with Gasteiger partial charge in [0.1, 0.15) is 13.3 Å². The van der Waals surface area contributed by atoms with Gasteiger partial charge in [0, 0.05) is 46.4 Å². The molecule has 0 bridgehead atoms. The molecule has 1 aliphatic heterocycles. The predicted molar refractivity (Wildman–Crippen MR) is 145 cm³/mol. The zero-order valence-electron chi connectivity index (χ0n) is 20.6. The van der Waals surface area contributed by atoms with Gasteiger partial charge in [-0.2, -0.15) is 9.61 Å². The highest BCUT2D eigenvalue weighted by Crippen LogP contribution is 2.35. The molecule has 0 N–H and O–H groups in total. The molecule has 1 amide bonds. The molecule has 5 heterocycles. The number of amides is 1. The standard InChI is InChI=1S/C30H22N6O2/c1-19-27(22-8-5-13-31-15-22)30-32-16-23-14-25(20-6-3-2-4-7-20)28(33-29(23)36(30)34-19)21-9-11-24(12-10-21)35-18-38-17-26(35)37/h2-16H,17-18H2,1H3. The second-order valence-corrected chi connectivity index (χ2v) is 9.21. The summed E-state index contributed by atoms with van der Waals surface area (Å²) in [5.74, 6) is -0.0417. The van der Waals surface area contributed by atoms with Gasteiger partial charge in [-0.05, 0) is 36.8 Å². The molecule has 1 saturated heterocycles. The summed E-state index contributed by atoms with van der Waals surface area (Å²) < 4.78 is 7.11. The minimum Gasteiger partial charge on any atom is -0.351 e. The summed E-state index contributed by atoms with van der Waals surface area (Å²) in [7, 11) is 0. The maximum absolute atomic E-state index is 12.1. The molecular weight excluding hydrogens is 476 g/mol. The Balaban J connectivity index is 1.44. The summed E-state index contributed by atoms with van der Waals surface area (Å²) in [6.07, 6.45) is 5.44. The van der Waals surface area contributed by atoms with Crippen molar-refractivity contribution in [2.75, 3.05) is 18.2 Å². The number of hydrogen-bond donors (Lipinski definition) is 0. The Bertz CT molecular complexity index is 1820. The summed E-state index contributed by atoms with van der Waals surface area (Å²) in [5, 5.41) is 5.72. The van der Waals surface area contributed by atoms with E-state index in [9.17, 15) is 4.79 Å². The van der Waals surface area contributed by atoms with Crippen LogP contribution in [0.25, 0.3) is 50.2 Å². The summed E-state index contributed by atoms with van der Waals surface area (Å²) in [6.45, 7) is 2.36. The SMILES string of the molecule is Cc1nn2c(ncc3cc(-c4ccccc4)c(-c4ccc(N5COCC5=O)cc4)nc32)c1-c1cccnc1. The van der Waals surface area contributed by atoms with Crippen molar-refractivity contribution >= 4 is 28.3 Å². The number of carbonyl (C=O) groups is 1. The van der Waals surface area contributed by atoms with Gasteiger partial charge in [0.05, 0.1) is 17.0 Å². The molecule has 6 aromatic rings. The van der Waals surface area contributed by atoms with E-state index < -0.39 is 0 Å². The van der Waals surface area contributed by atoms with Crippen molar-refractivity contribution in [3.8, 4) is 33.5 Å². The minimum absolute atomic E-state index is 0.0417. The van der Waals surface area contributed by atoms with E-state index in [1.54, 1.807) is 11.1 Å². The molecule has 0 saturated carbocycles. The maximum Gasteiger partial charge on any atom is 0.254 e. The van der Waals surface area contributed by atoms with Gasteiger partial charge in [0.25, 0.3) is 5.91 Å². The van der Waals surface area contributed by atoms with Crippen molar-refractivity contribution in [1.29, 1.82) is 0 Å². The average molecular weight is 499 g/mol. The lowest BCUT2D eigenvalue weighted by molar-refractivity contribution is -0.117. The van der Waals surface area contributed by atoms with E-state index in [1.165, 1.54) is 0 Å². The summed E-state index contributed by atoms with van der Waals surface area (Å²) in [4.78, 5) is 28.0. The van der Waals surface area contributed by atoms with Crippen LogP contribution in [0.5, 0.6) is 0 Å². The topological polar surface area (TPSA) is 85.5 Å². The van der Waals surface area contributed by atoms with Crippen LogP contribution in [0.4, 0.5) is 5.69 Å². The van der Waals surface area contributed by atoms with E-state index >= 15 is 0 Å². The largest absolute Gasteiger partial charge is 0.351 e. The molecule has 7 rings (SSSR count). The number of benzene rings is 2. The van der Waals surface area contributed by atoms with Gasteiger partial charge in [0.2, 0.25) is 0 Å². The van der Waals surface area contributed by atoms with Crippen molar-refractivity contribution in [3.63, 3.8) is 0 Å². The van der Waals surface area contributed by atoms with E-state index in [1.807, 2.05) is 78.4 Å². The molecule has 1 fully saturated rings. The van der Waals surface area contributed by atoms with E-state index in [0.717, 1.165) is 61.6 Å². The molecule has 2 aromatic carbocycles. The highest BCUT2D eigenvalue weighted by Gasteiger charge is 2.23. The van der Waals surface area contributed by atoms with Gasteiger partial charge in [-0.3, -0.25) is 14.7 Å². The fraction of sp³-hybridized carbons (Fsp3) is 0.100. The smallest absolute Gasteiger partial charge is 0.254 e. The number of rotatable bonds is 4. The number of hydrogen-bond acceptors (Lipinski definition) is 6. The molecule has 184 valence electrons. The third-order valence-corrected chi connectivity index (χ3v) is 6.83. The number of aryl methyl sites for hydroxylation is 1. The Labute approximate surface area is 218 Å². The number of ether oxygens (including phenoxy) is 1. The van der Waals surface area contributed by atoms with Crippen LogP contribution < -0.4 is 4.90 Å². The molecule has 38 heavy (non-hydrogen) atoms. The number of aromatic nitrogens is 5. The molecule has 0 atom stereocenters. The van der Waals surface area contributed by atoms with Gasteiger partial charge in [-0.1, -0.05) is 48.5 Å². The van der Waals surface area contributed by atoms with Gasteiger partial charge in [0.15, 0.2) is 11.3 Å². The third kappa shape index (κ3) is 3.62.